The van der Waals surface area contributed by atoms with Crippen LogP contribution in [0, 0.1) is 0 Å². The third kappa shape index (κ3) is 6.30. The van der Waals surface area contributed by atoms with Crippen LogP contribution >= 0.6 is 11.6 Å². The van der Waals surface area contributed by atoms with E-state index in [1.807, 2.05) is 26.0 Å². The van der Waals surface area contributed by atoms with Gasteiger partial charge in [-0.1, -0.05) is 24.6 Å². The van der Waals surface area contributed by atoms with Crippen molar-refractivity contribution in [2.45, 2.75) is 26.3 Å². The topological polar surface area (TPSA) is 64.7 Å². The summed E-state index contributed by atoms with van der Waals surface area (Å²) in [7, 11) is 0. The molecule has 2 rings (SSSR count). The number of carbonyl (C=O) groups excluding carboxylic acids is 2. The third-order valence-electron chi connectivity index (χ3n) is 4.37. The number of benzene rings is 1. The van der Waals surface area contributed by atoms with Crippen molar-refractivity contribution in [2.24, 2.45) is 0 Å². The van der Waals surface area contributed by atoms with Gasteiger partial charge < -0.3 is 10.6 Å². The van der Waals surface area contributed by atoms with Crippen LogP contribution in [0.4, 0.5) is 5.69 Å². The second-order valence-electron chi connectivity index (χ2n) is 6.34. The Bertz CT molecular complexity index is 588. The molecule has 25 heavy (non-hydrogen) atoms. The Hall–Kier alpha value is -1.63. The molecule has 0 saturated carbocycles. The SMILES string of the molecule is CCCNC(=O)CN1CCN([C@H](C)C(=O)Nc2cccc(Cl)c2)CC1. The number of nitrogens with one attached hydrogen (secondary N) is 2. The molecule has 2 N–H and O–H groups in total. The van der Waals surface area contributed by atoms with Gasteiger partial charge >= 0.3 is 0 Å². The number of rotatable bonds is 7. The highest BCUT2D eigenvalue weighted by Crippen LogP contribution is 2.16. The van der Waals surface area contributed by atoms with Crippen LogP contribution in [0.1, 0.15) is 20.3 Å². The van der Waals surface area contributed by atoms with Gasteiger partial charge in [-0.2, -0.15) is 0 Å². The summed E-state index contributed by atoms with van der Waals surface area (Å²) < 4.78 is 0. The molecule has 0 aliphatic carbocycles. The molecular formula is C18H27ClN4O2. The van der Waals surface area contributed by atoms with E-state index in [-0.39, 0.29) is 17.9 Å². The lowest BCUT2D eigenvalue weighted by molar-refractivity contribution is -0.124. The molecule has 1 aromatic rings. The van der Waals surface area contributed by atoms with Crippen LogP contribution < -0.4 is 10.6 Å². The van der Waals surface area contributed by atoms with Crippen LogP contribution in [0.2, 0.25) is 5.02 Å². The minimum Gasteiger partial charge on any atom is -0.355 e. The van der Waals surface area contributed by atoms with E-state index in [9.17, 15) is 9.59 Å². The molecule has 0 unspecified atom stereocenters. The van der Waals surface area contributed by atoms with Gasteiger partial charge in [-0.05, 0) is 31.5 Å². The van der Waals surface area contributed by atoms with Crippen LogP contribution in [-0.4, -0.2) is 66.9 Å². The Morgan fingerprint density at radius 3 is 2.60 bits per heavy atom. The largest absolute Gasteiger partial charge is 0.355 e. The Morgan fingerprint density at radius 1 is 1.24 bits per heavy atom. The average Bonchev–Trinajstić information content (AvgIpc) is 2.60. The highest BCUT2D eigenvalue weighted by molar-refractivity contribution is 6.30. The van der Waals surface area contributed by atoms with Crippen LogP contribution in [0.25, 0.3) is 0 Å². The van der Waals surface area contributed by atoms with Gasteiger partial charge in [0.2, 0.25) is 11.8 Å². The molecule has 7 heteroatoms. The van der Waals surface area contributed by atoms with E-state index in [0.29, 0.717) is 17.3 Å². The summed E-state index contributed by atoms with van der Waals surface area (Å²) in [6, 6.07) is 6.92. The summed E-state index contributed by atoms with van der Waals surface area (Å²) in [5.74, 6) is 0.0263. The molecule has 1 aliphatic heterocycles. The minimum absolute atomic E-state index is 0.0450. The number of carbonyl (C=O) groups is 2. The summed E-state index contributed by atoms with van der Waals surface area (Å²) in [6.07, 6.45) is 0.943. The smallest absolute Gasteiger partial charge is 0.241 e. The van der Waals surface area contributed by atoms with Gasteiger partial charge in [0.25, 0.3) is 0 Å². The highest BCUT2D eigenvalue weighted by atomic mass is 35.5. The van der Waals surface area contributed by atoms with Crippen molar-refractivity contribution in [3.63, 3.8) is 0 Å². The standard InChI is InChI=1S/C18H27ClN4O2/c1-3-7-20-17(24)13-22-8-10-23(11-9-22)14(2)18(25)21-16-6-4-5-15(19)12-16/h4-6,12,14H,3,7-11,13H2,1-2H3,(H,20,24)(H,21,25)/t14-/m1/s1. The fourth-order valence-electron chi connectivity index (χ4n) is 2.81. The summed E-state index contributed by atoms with van der Waals surface area (Å²) >= 11 is 5.95. The summed E-state index contributed by atoms with van der Waals surface area (Å²) in [5.41, 5.74) is 0.704. The molecule has 0 aromatic heterocycles. The Morgan fingerprint density at radius 2 is 1.96 bits per heavy atom. The first-order valence-electron chi connectivity index (χ1n) is 8.79. The monoisotopic (exact) mass is 366 g/mol. The van der Waals surface area contributed by atoms with Gasteiger partial charge in [-0.15, -0.1) is 0 Å². The second-order valence-corrected chi connectivity index (χ2v) is 6.77. The lowest BCUT2D eigenvalue weighted by Gasteiger charge is -2.37. The summed E-state index contributed by atoms with van der Waals surface area (Å²) in [4.78, 5) is 28.5. The van der Waals surface area contributed by atoms with E-state index in [2.05, 4.69) is 20.4 Å². The molecule has 6 nitrogen and oxygen atoms in total. The summed E-state index contributed by atoms with van der Waals surface area (Å²) in [6.45, 7) is 8.20. The van der Waals surface area contributed by atoms with Crippen molar-refractivity contribution < 1.29 is 9.59 Å². The first-order valence-corrected chi connectivity index (χ1v) is 9.17. The quantitative estimate of drug-likeness (QED) is 0.772. The van der Waals surface area contributed by atoms with E-state index in [1.54, 1.807) is 12.1 Å². The lowest BCUT2D eigenvalue weighted by Crippen LogP contribution is -2.54. The molecular weight excluding hydrogens is 340 g/mol. The number of halogens is 1. The number of nitrogens with zero attached hydrogens (tertiary/aromatic N) is 2. The maximum atomic E-state index is 12.4. The average molecular weight is 367 g/mol. The molecule has 1 heterocycles. The molecule has 0 radical (unpaired) electrons. The lowest BCUT2D eigenvalue weighted by atomic mass is 10.2. The van der Waals surface area contributed by atoms with Crippen molar-refractivity contribution in [2.75, 3.05) is 44.6 Å². The van der Waals surface area contributed by atoms with Crippen LogP contribution in [-0.2, 0) is 9.59 Å². The van der Waals surface area contributed by atoms with E-state index < -0.39 is 0 Å². The van der Waals surface area contributed by atoms with E-state index in [4.69, 9.17) is 11.6 Å². The molecule has 0 bridgehead atoms. The Labute approximate surface area is 154 Å². The van der Waals surface area contributed by atoms with Gasteiger partial charge in [-0.3, -0.25) is 19.4 Å². The first kappa shape index (κ1) is 19.7. The van der Waals surface area contributed by atoms with Crippen molar-refractivity contribution in [3.8, 4) is 0 Å². The molecule has 0 spiro atoms. The molecule has 1 saturated heterocycles. The molecule has 1 fully saturated rings. The summed E-state index contributed by atoms with van der Waals surface area (Å²) in [5, 5.41) is 6.40. The molecule has 1 aliphatic rings. The predicted molar refractivity (Wildman–Crippen MR) is 101 cm³/mol. The third-order valence-corrected chi connectivity index (χ3v) is 4.60. The maximum absolute atomic E-state index is 12.4. The second kappa shape index (κ2) is 9.75. The number of hydrogen-bond acceptors (Lipinski definition) is 4. The molecule has 1 aromatic carbocycles. The van der Waals surface area contributed by atoms with Crippen molar-refractivity contribution in [3.05, 3.63) is 29.3 Å². The molecule has 2 amide bonds. The Kier molecular flexibility index (Phi) is 7.68. The fraction of sp³-hybridized carbons (Fsp3) is 0.556. The fourth-order valence-corrected chi connectivity index (χ4v) is 3.00. The van der Waals surface area contributed by atoms with Crippen LogP contribution in [0.5, 0.6) is 0 Å². The van der Waals surface area contributed by atoms with Gasteiger partial charge in [-0.25, -0.2) is 0 Å². The Balaban J connectivity index is 1.77. The zero-order valence-electron chi connectivity index (χ0n) is 14.9. The van der Waals surface area contributed by atoms with Gasteiger partial charge in [0.1, 0.15) is 0 Å². The number of anilines is 1. The number of amides is 2. The van der Waals surface area contributed by atoms with E-state index in [0.717, 1.165) is 39.1 Å². The highest BCUT2D eigenvalue weighted by Gasteiger charge is 2.26. The maximum Gasteiger partial charge on any atom is 0.241 e. The number of hydrogen-bond donors (Lipinski definition) is 2. The van der Waals surface area contributed by atoms with E-state index >= 15 is 0 Å². The van der Waals surface area contributed by atoms with Crippen molar-refractivity contribution in [1.82, 2.24) is 15.1 Å². The van der Waals surface area contributed by atoms with Gasteiger partial charge in [0, 0.05) is 43.4 Å². The molecule has 1 atom stereocenters. The minimum atomic E-state index is -0.227. The molecule has 138 valence electrons. The van der Waals surface area contributed by atoms with Crippen LogP contribution in [0.15, 0.2) is 24.3 Å². The van der Waals surface area contributed by atoms with Gasteiger partial charge in [0.15, 0.2) is 0 Å². The predicted octanol–water partition coefficient (Wildman–Crippen LogP) is 1.81. The zero-order valence-corrected chi connectivity index (χ0v) is 15.7. The van der Waals surface area contributed by atoms with Crippen LogP contribution in [0.3, 0.4) is 0 Å². The van der Waals surface area contributed by atoms with Crippen molar-refractivity contribution in [1.29, 1.82) is 0 Å². The number of piperazine rings is 1. The van der Waals surface area contributed by atoms with E-state index in [1.165, 1.54) is 0 Å². The normalized spacial score (nSPS) is 17.1. The van der Waals surface area contributed by atoms with Gasteiger partial charge in [0.05, 0.1) is 12.6 Å². The first-order chi connectivity index (χ1) is 12.0. The zero-order chi connectivity index (χ0) is 18.2. The van der Waals surface area contributed by atoms with Crippen molar-refractivity contribution >= 4 is 29.1 Å².